The highest BCUT2D eigenvalue weighted by molar-refractivity contribution is 7.91. The molecular weight excluding hydrogens is 312 g/mol. The van der Waals surface area contributed by atoms with Crippen LogP contribution in [0.25, 0.3) is 0 Å². The van der Waals surface area contributed by atoms with Gasteiger partial charge < -0.3 is 10.5 Å². The standard InChI is InChI=1S/C13H14N2O4S2/c1-19-13(16)12(9-5-3-2-4-6-9)15-21(17,18)11-7-10(14)8-20-11/h2-8,12,15H,14H2,1H3. The molecule has 0 spiro atoms. The Morgan fingerprint density at radius 3 is 2.52 bits per heavy atom. The second kappa shape index (κ2) is 6.25. The fraction of sp³-hybridized carbons (Fsp3) is 0.154. The molecule has 1 aromatic carbocycles. The first-order valence-corrected chi connectivity index (χ1v) is 8.29. The molecule has 1 atom stereocenters. The van der Waals surface area contributed by atoms with Crippen molar-refractivity contribution in [2.75, 3.05) is 12.8 Å². The van der Waals surface area contributed by atoms with Crippen LogP contribution in [0.15, 0.2) is 46.0 Å². The molecule has 0 radical (unpaired) electrons. The van der Waals surface area contributed by atoms with Gasteiger partial charge in [-0.25, -0.2) is 13.2 Å². The van der Waals surface area contributed by atoms with Crippen LogP contribution in [-0.2, 0) is 19.6 Å². The number of nitrogens with two attached hydrogens (primary N) is 1. The summed E-state index contributed by atoms with van der Waals surface area (Å²) in [6, 6.07) is 8.72. The number of esters is 1. The molecule has 112 valence electrons. The molecular formula is C13H14N2O4S2. The van der Waals surface area contributed by atoms with E-state index in [9.17, 15) is 13.2 Å². The number of methoxy groups -OCH3 is 1. The molecule has 0 aliphatic rings. The molecule has 0 saturated heterocycles. The fourth-order valence-corrected chi connectivity index (χ4v) is 3.97. The van der Waals surface area contributed by atoms with E-state index < -0.39 is 22.0 Å². The van der Waals surface area contributed by atoms with Crippen LogP contribution in [0.5, 0.6) is 0 Å². The molecule has 2 aromatic rings. The van der Waals surface area contributed by atoms with Gasteiger partial charge in [0.2, 0.25) is 0 Å². The summed E-state index contributed by atoms with van der Waals surface area (Å²) in [5, 5.41) is 1.52. The predicted octanol–water partition coefficient (Wildman–Crippen LogP) is 1.52. The lowest BCUT2D eigenvalue weighted by atomic mass is 10.1. The first-order chi connectivity index (χ1) is 9.94. The lowest BCUT2D eigenvalue weighted by Crippen LogP contribution is -2.34. The SMILES string of the molecule is COC(=O)C(NS(=O)(=O)c1cc(N)cs1)c1ccccc1. The third kappa shape index (κ3) is 3.60. The van der Waals surface area contributed by atoms with E-state index in [2.05, 4.69) is 9.46 Å². The topological polar surface area (TPSA) is 98.5 Å². The highest BCUT2D eigenvalue weighted by Gasteiger charge is 2.28. The lowest BCUT2D eigenvalue weighted by Gasteiger charge is -2.16. The summed E-state index contributed by atoms with van der Waals surface area (Å²) in [5.41, 5.74) is 6.38. The van der Waals surface area contributed by atoms with Crippen molar-refractivity contribution in [1.82, 2.24) is 4.72 Å². The van der Waals surface area contributed by atoms with Crippen molar-refractivity contribution in [2.24, 2.45) is 0 Å². The normalized spacial score (nSPS) is 12.8. The van der Waals surface area contributed by atoms with Gasteiger partial charge in [-0.1, -0.05) is 30.3 Å². The van der Waals surface area contributed by atoms with Crippen LogP contribution in [0.2, 0.25) is 0 Å². The number of rotatable bonds is 5. The molecule has 6 nitrogen and oxygen atoms in total. The summed E-state index contributed by atoms with van der Waals surface area (Å²) in [7, 11) is -2.65. The number of ether oxygens (including phenoxy) is 1. The van der Waals surface area contributed by atoms with E-state index in [0.29, 0.717) is 11.3 Å². The predicted molar refractivity (Wildman–Crippen MR) is 80.3 cm³/mol. The van der Waals surface area contributed by atoms with E-state index in [0.717, 1.165) is 11.3 Å². The largest absolute Gasteiger partial charge is 0.468 e. The number of hydrogen-bond donors (Lipinski definition) is 2. The van der Waals surface area contributed by atoms with Crippen molar-refractivity contribution in [1.29, 1.82) is 0 Å². The van der Waals surface area contributed by atoms with Crippen LogP contribution in [0.4, 0.5) is 5.69 Å². The number of benzene rings is 1. The number of anilines is 1. The molecule has 1 aromatic heterocycles. The molecule has 0 saturated carbocycles. The van der Waals surface area contributed by atoms with Gasteiger partial charge in [0.05, 0.1) is 7.11 Å². The minimum atomic E-state index is -3.85. The number of nitrogens with one attached hydrogen (secondary N) is 1. The third-order valence-electron chi connectivity index (χ3n) is 2.70. The Bertz CT molecular complexity index is 726. The maximum absolute atomic E-state index is 12.3. The van der Waals surface area contributed by atoms with Gasteiger partial charge in [0.15, 0.2) is 0 Å². The van der Waals surface area contributed by atoms with Crippen LogP contribution in [0, 0.1) is 0 Å². The third-order valence-corrected chi connectivity index (χ3v) is 5.58. The quantitative estimate of drug-likeness (QED) is 0.812. The number of carbonyl (C=O) groups excluding carboxylic acids is 1. The lowest BCUT2D eigenvalue weighted by molar-refractivity contribution is -0.142. The van der Waals surface area contributed by atoms with Crippen molar-refractivity contribution in [3.8, 4) is 0 Å². The summed E-state index contributed by atoms with van der Waals surface area (Å²) in [4.78, 5) is 11.9. The molecule has 1 unspecified atom stereocenters. The summed E-state index contributed by atoms with van der Waals surface area (Å²) >= 11 is 0.985. The van der Waals surface area contributed by atoms with Crippen molar-refractivity contribution in [2.45, 2.75) is 10.3 Å². The Balaban J connectivity index is 2.34. The average molecular weight is 326 g/mol. The van der Waals surface area contributed by atoms with Gasteiger partial charge in [0.25, 0.3) is 10.0 Å². The number of carbonyl (C=O) groups is 1. The van der Waals surface area contributed by atoms with Crippen LogP contribution in [0.3, 0.4) is 0 Å². The van der Waals surface area contributed by atoms with E-state index >= 15 is 0 Å². The first-order valence-electron chi connectivity index (χ1n) is 5.93. The van der Waals surface area contributed by atoms with Gasteiger partial charge in [-0.3, -0.25) is 0 Å². The molecule has 8 heteroatoms. The monoisotopic (exact) mass is 326 g/mol. The molecule has 0 fully saturated rings. The van der Waals surface area contributed by atoms with Gasteiger partial charge >= 0.3 is 5.97 Å². The van der Waals surface area contributed by atoms with Crippen molar-refractivity contribution >= 4 is 33.0 Å². The van der Waals surface area contributed by atoms with Gasteiger partial charge in [-0.05, 0) is 11.6 Å². The van der Waals surface area contributed by atoms with Crippen LogP contribution in [-0.4, -0.2) is 21.5 Å². The molecule has 3 N–H and O–H groups in total. The van der Waals surface area contributed by atoms with E-state index in [1.807, 2.05) is 0 Å². The zero-order valence-corrected chi connectivity index (χ0v) is 12.8. The van der Waals surface area contributed by atoms with Crippen LogP contribution < -0.4 is 10.5 Å². The number of nitrogen functional groups attached to an aromatic ring is 1. The van der Waals surface area contributed by atoms with Gasteiger partial charge in [-0.15, -0.1) is 11.3 Å². The Morgan fingerprint density at radius 1 is 1.33 bits per heavy atom. The average Bonchev–Trinajstić information content (AvgIpc) is 2.92. The van der Waals surface area contributed by atoms with Crippen LogP contribution >= 0.6 is 11.3 Å². The molecule has 1 heterocycles. The second-order valence-corrected chi connectivity index (χ2v) is 7.04. The van der Waals surface area contributed by atoms with E-state index in [4.69, 9.17) is 5.73 Å². The van der Waals surface area contributed by atoms with Gasteiger partial charge in [0, 0.05) is 11.1 Å². The van der Waals surface area contributed by atoms with E-state index in [-0.39, 0.29) is 4.21 Å². The smallest absolute Gasteiger partial charge is 0.328 e. The Kier molecular flexibility index (Phi) is 4.61. The van der Waals surface area contributed by atoms with E-state index in [1.165, 1.54) is 18.6 Å². The first kappa shape index (κ1) is 15.5. The van der Waals surface area contributed by atoms with E-state index in [1.54, 1.807) is 30.3 Å². The maximum Gasteiger partial charge on any atom is 0.328 e. The summed E-state index contributed by atoms with van der Waals surface area (Å²) in [5.74, 6) is -0.686. The molecule has 0 aliphatic carbocycles. The van der Waals surface area contributed by atoms with Crippen molar-refractivity contribution < 1.29 is 17.9 Å². The summed E-state index contributed by atoms with van der Waals surface area (Å²) in [6.45, 7) is 0. The minimum Gasteiger partial charge on any atom is -0.468 e. The molecule has 21 heavy (non-hydrogen) atoms. The fourth-order valence-electron chi connectivity index (χ4n) is 1.70. The molecule has 0 amide bonds. The number of sulfonamides is 1. The minimum absolute atomic E-state index is 0.0461. The zero-order valence-electron chi connectivity index (χ0n) is 11.1. The highest BCUT2D eigenvalue weighted by Crippen LogP contribution is 2.24. The zero-order chi connectivity index (χ0) is 15.5. The molecule has 2 rings (SSSR count). The molecule has 0 aliphatic heterocycles. The summed E-state index contributed by atoms with van der Waals surface area (Å²) < 4.78 is 31.6. The summed E-state index contributed by atoms with van der Waals surface area (Å²) in [6.07, 6.45) is 0. The van der Waals surface area contributed by atoms with Crippen LogP contribution in [0.1, 0.15) is 11.6 Å². The maximum atomic E-state index is 12.3. The second-order valence-electron chi connectivity index (χ2n) is 4.19. The number of hydrogen-bond acceptors (Lipinski definition) is 6. The van der Waals surface area contributed by atoms with Crippen molar-refractivity contribution in [3.05, 3.63) is 47.3 Å². The Morgan fingerprint density at radius 2 is 2.00 bits per heavy atom. The van der Waals surface area contributed by atoms with Gasteiger partial charge in [-0.2, -0.15) is 4.72 Å². The Labute approximate surface area is 126 Å². The highest BCUT2D eigenvalue weighted by atomic mass is 32.2. The Hall–Kier alpha value is -1.90. The van der Waals surface area contributed by atoms with Gasteiger partial charge in [0.1, 0.15) is 10.3 Å². The molecule has 0 bridgehead atoms. The number of thiophene rings is 1. The van der Waals surface area contributed by atoms with Crippen molar-refractivity contribution in [3.63, 3.8) is 0 Å².